The van der Waals surface area contributed by atoms with Gasteiger partial charge in [0, 0.05) is 4.90 Å². The number of hydrogen-bond acceptors (Lipinski definition) is 5. The molecule has 3 aromatic rings. The predicted octanol–water partition coefficient (Wildman–Crippen LogP) is 5.30. The van der Waals surface area contributed by atoms with Crippen molar-refractivity contribution in [1.82, 2.24) is 4.31 Å². The number of carbonyl (C=O) groups is 1. The zero-order chi connectivity index (χ0) is 25.7. The van der Waals surface area contributed by atoms with Gasteiger partial charge in [0.05, 0.1) is 19.2 Å². The van der Waals surface area contributed by atoms with Crippen molar-refractivity contribution >= 4 is 22.0 Å². The van der Waals surface area contributed by atoms with Gasteiger partial charge in [-0.3, -0.25) is 4.79 Å². The Hall–Kier alpha value is -3.00. The molecular weight excluding hydrogens is 475 g/mol. The van der Waals surface area contributed by atoms with E-state index >= 15 is 0 Å². The second-order valence-corrected chi connectivity index (χ2v) is 11.3. The van der Waals surface area contributed by atoms with Crippen molar-refractivity contribution in [1.29, 1.82) is 0 Å². The highest BCUT2D eigenvalue weighted by Gasteiger charge is 2.48. The van der Waals surface area contributed by atoms with Gasteiger partial charge in [0.15, 0.2) is 5.60 Å². The van der Waals surface area contributed by atoms with Gasteiger partial charge in [-0.05, 0) is 80.1 Å². The standard InChI is InChI=1S/C29H33FN2O3S/c1-4-36(26-12-8-9-22(17-26)18-27(31)28(33)34-21(2)3)32-19-29(20-32,23-10-6-5-7-11-23)35-25-15-13-24(30)14-16-25/h4-17,21,27H,18-20,31H2,1-3H3/t27-,36?/m0/s1. The van der Waals surface area contributed by atoms with Crippen molar-refractivity contribution in [3.05, 3.63) is 95.8 Å². The smallest absolute Gasteiger partial charge is 0.323 e. The zero-order valence-corrected chi connectivity index (χ0v) is 21.7. The Labute approximate surface area is 215 Å². The van der Waals surface area contributed by atoms with Gasteiger partial charge in [0.1, 0.15) is 17.6 Å². The van der Waals surface area contributed by atoms with E-state index in [9.17, 15) is 9.18 Å². The topological polar surface area (TPSA) is 64.8 Å². The number of nitrogens with two attached hydrogens (primary N) is 1. The molecule has 1 unspecified atom stereocenters. The number of esters is 1. The lowest BCUT2D eigenvalue weighted by Gasteiger charge is -2.51. The molecule has 4 rings (SSSR count). The lowest BCUT2D eigenvalue weighted by Crippen LogP contribution is -2.60. The van der Waals surface area contributed by atoms with Gasteiger partial charge in [-0.1, -0.05) is 53.1 Å². The van der Waals surface area contributed by atoms with Gasteiger partial charge >= 0.3 is 5.97 Å². The molecule has 1 fully saturated rings. The molecule has 1 saturated heterocycles. The lowest BCUT2D eigenvalue weighted by atomic mass is 9.87. The van der Waals surface area contributed by atoms with Crippen molar-refractivity contribution in [2.24, 2.45) is 5.73 Å². The Morgan fingerprint density at radius 2 is 1.78 bits per heavy atom. The van der Waals surface area contributed by atoms with Crippen LogP contribution in [0.1, 0.15) is 31.9 Å². The first-order valence-electron chi connectivity index (χ1n) is 12.1. The minimum absolute atomic E-state index is 0.191. The molecular formula is C29H33FN2O3S. The van der Waals surface area contributed by atoms with Crippen molar-refractivity contribution in [2.45, 2.75) is 49.8 Å². The van der Waals surface area contributed by atoms with E-state index in [0.29, 0.717) is 25.3 Å². The van der Waals surface area contributed by atoms with Gasteiger partial charge in [-0.2, -0.15) is 0 Å². The number of hydrogen-bond donors (Lipinski definition) is 1. The molecule has 0 bridgehead atoms. The maximum atomic E-state index is 13.5. The molecule has 2 atom stereocenters. The number of halogens is 1. The normalized spacial score (nSPS) is 16.8. The van der Waals surface area contributed by atoms with Crippen LogP contribution in [0.15, 0.2) is 83.8 Å². The maximum Gasteiger partial charge on any atom is 0.323 e. The van der Waals surface area contributed by atoms with Crippen LogP contribution in [0.4, 0.5) is 4.39 Å². The maximum absolute atomic E-state index is 13.5. The molecule has 2 N–H and O–H groups in total. The molecule has 190 valence electrons. The van der Waals surface area contributed by atoms with E-state index in [1.807, 2.05) is 44.2 Å². The summed E-state index contributed by atoms with van der Waals surface area (Å²) in [5, 5.41) is 2.19. The number of ether oxygens (including phenoxy) is 2. The average Bonchev–Trinajstić information content (AvgIpc) is 2.84. The summed E-state index contributed by atoms with van der Waals surface area (Å²) in [4.78, 5) is 13.3. The highest BCUT2D eigenvalue weighted by Crippen LogP contribution is 2.45. The summed E-state index contributed by atoms with van der Waals surface area (Å²) in [6.45, 7) is 7.07. The van der Waals surface area contributed by atoms with Crippen LogP contribution in [-0.2, 0) is 21.6 Å². The van der Waals surface area contributed by atoms with E-state index in [-0.39, 0.29) is 28.6 Å². The van der Waals surface area contributed by atoms with Gasteiger partial charge in [-0.25, -0.2) is 8.70 Å². The fourth-order valence-corrected chi connectivity index (χ4v) is 6.39. The van der Waals surface area contributed by atoms with Crippen LogP contribution in [0.5, 0.6) is 5.75 Å². The van der Waals surface area contributed by atoms with Crippen molar-refractivity contribution < 1.29 is 18.7 Å². The van der Waals surface area contributed by atoms with Crippen LogP contribution in [0.2, 0.25) is 0 Å². The third-order valence-corrected chi connectivity index (χ3v) is 8.04. The summed E-state index contributed by atoms with van der Waals surface area (Å²) < 4.78 is 27.6. The molecule has 5 nitrogen and oxygen atoms in total. The van der Waals surface area contributed by atoms with Crippen LogP contribution in [0, 0.1) is 5.82 Å². The molecule has 0 saturated carbocycles. The van der Waals surface area contributed by atoms with Crippen LogP contribution in [0.3, 0.4) is 0 Å². The van der Waals surface area contributed by atoms with E-state index in [1.54, 1.807) is 12.1 Å². The van der Waals surface area contributed by atoms with Crippen LogP contribution in [-0.4, -0.2) is 40.9 Å². The number of rotatable bonds is 9. The Bertz CT molecular complexity index is 1210. The molecule has 1 aliphatic rings. The Balaban J connectivity index is 1.52. The van der Waals surface area contributed by atoms with E-state index in [4.69, 9.17) is 15.2 Å². The Morgan fingerprint density at radius 1 is 1.08 bits per heavy atom. The summed E-state index contributed by atoms with van der Waals surface area (Å²) in [5.74, 6) is -0.0279. The molecule has 3 aromatic carbocycles. The summed E-state index contributed by atoms with van der Waals surface area (Å²) in [5.41, 5.74) is 7.67. The summed E-state index contributed by atoms with van der Waals surface area (Å²) >= 11 is 0. The van der Waals surface area contributed by atoms with E-state index in [2.05, 4.69) is 40.9 Å². The SMILES string of the molecule is C/C=S(\c1cccc(C[C@H](N)C(=O)OC(C)C)c1)N1CC(Oc2ccc(F)cc2)(c2ccccc2)C1. The van der Waals surface area contributed by atoms with Crippen LogP contribution < -0.4 is 10.5 Å². The minimum Gasteiger partial charge on any atom is -0.480 e. The molecule has 36 heavy (non-hydrogen) atoms. The minimum atomic E-state index is -0.700. The fourth-order valence-electron chi connectivity index (χ4n) is 4.33. The first kappa shape index (κ1) is 26.1. The van der Waals surface area contributed by atoms with Gasteiger partial charge in [0.25, 0.3) is 0 Å². The second-order valence-electron chi connectivity index (χ2n) is 9.21. The average molecular weight is 509 g/mol. The first-order chi connectivity index (χ1) is 17.3. The third-order valence-electron chi connectivity index (χ3n) is 6.04. The monoisotopic (exact) mass is 508 g/mol. The first-order valence-corrected chi connectivity index (χ1v) is 13.4. The number of nitrogens with zero attached hydrogens (tertiary/aromatic N) is 1. The van der Waals surface area contributed by atoms with Gasteiger partial charge in [0.2, 0.25) is 0 Å². The highest BCUT2D eigenvalue weighted by molar-refractivity contribution is 8.13. The Morgan fingerprint density at radius 3 is 2.42 bits per heavy atom. The molecule has 1 heterocycles. The van der Waals surface area contributed by atoms with E-state index in [1.165, 1.54) is 12.1 Å². The third kappa shape index (κ3) is 6.03. The molecule has 1 aliphatic heterocycles. The molecule has 0 aliphatic carbocycles. The highest BCUT2D eigenvalue weighted by atomic mass is 32.2. The molecule has 7 heteroatoms. The van der Waals surface area contributed by atoms with Gasteiger partial charge < -0.3 is 15.2 Å². The van der Waals surface area contributed by atoms with Crippen molar-refractivity contribution in [2.75, 3.05) is 13.1 Å². The fraction of sp³-hybridized carbons (Fsp3) is 0.310. The second kappa shape index (κ2) is 11.4. The Kier molecular flexibility index (Phi) is 8.24. The summed E-state index contributed by atoms with van der Waals surface area (Å²) in [6, 6.07) is 23.9. The predicted molar refractivity (Wildman–Crippen MR) is 144 cm³/mol. The largest absolute Gasteiger partial charge is 0.480 e. The van der Waals surface area contributed by atoms with E-state index < -0.39 is 11.6 Å². The quantitative estimate of drug-likeness (QED) is 0.314. The zero-order valence-electron chi connectivity index (χ0n) is 20.9. The molecule has 0 spiro atoms. The summed E-state index contributed by atoms with van der Waals surface area (Å²) in [7, 11) is -0.268. The lowest BCUT2D eigenvalue weighted by molar-refractivity contribution is -0.148. The van der Waals surface area contributed by atoms with E-state index in [0.717, 1.165) is 16.0 Å². The van der Waals surface area contributed by atoms with Gasteiger partial charge in [-0.15, -0.1) is 0 Å². The number of benzene rings is 3. The molecule has 0 radical (unpaired) electrons. The number of carbonyl (C=O) groups excluding carboxylic acids is 1. The van der Waals surface area contributed by atoms with Crippen LogP contribution in [0.25, 0.3) is 0 Å². The van der Waals surface area contributed by atoms with Crippen molar-refractivity contribution in [3.8, 4) is 5.75 Å². The van der Waals surface area contributed by atoms with Crippen LogP contribution >= 0.6 is 10.7 Å². The molecule has 0 aromatic heterocycles. The molecule has 0 amide bonds. The summed E-state index contributed by atoms with van der Waals surface area (Å²) in [6.07, 6.45) is 0.228. The van der Waals surface area contributed by atoms with Crippen molar-refractivity contribution in [3.63, 3.8) is 0 Å².